The van der Waals surface area contributed by atoms with E-state index in [-0.39, 0.29) is 10.6 Å². The second kappa shape index (κ2) is 5.46. The van der Waals surface area contributed by atoms with Crippen molar-refractivity contribution in [3.63, 3.8) is 0 Å². The van der Waals surface area contributed by atoms with E-state index in [1.54, 1.807) is 18.2 Å². The molecule has 2 aromatic rings. The third kappa shape index (κ3) is 2.72. The van der Waals surface area contributed by atoms with Crippen LogP contribution in [0.4, 0.5) is 20.2 Å². The zero-order valence-electron chi connectivity index (χ0n) is 10.4. The van der Waals surface area contributed by atoms with E-state index in [9.17, 15) is 13.6 Å². The van der Waals surface area contributed by atoms with Gasteiger partial charge in [-0.15, -0.1) is 0 Å². The van der Waals surface area contributed by atoms with Crippen LogP contribution in [0.25, 0.3) is 0 Å². The summed E-state index contributed by atoms with van der Waals surface area (Å²) >= 11 is 5.98. The summed E-state index contributed by atoms with van der Waals surface area (Å²) in [6, 6.07) is 6.66. The molecule has 0 unspecified atom stereocenters. The molecule has 0 spiro atoms. The highest BCUT2D eigenvalue weighted by molar-refractivity contribution is 6.33. The highest BCUT2D eigenvalue weighted by Crippen LogP contribution is 2.30. The van der Waals surface area contributed by atoms with Crippen molar-refractivity contribution in [3.8, 4) is 0 Å². The zero-order valence-corrected chi connectivity index (χ0v) is 11.1. The molecule has 0 amide bonds. The molecule has 20 heavy (non-hydrogen) atoms. The van der Waals surface area contributed by atoms with Gasteiger partial charge < -0.3 is 10.4 Å². The summed E-state index contributed by atoms with van der Waals surface area (Å²) in [6.45, 7) is 1.82. The van der Waals surface area contributed by atoms with Crippen LogP contribution in [0.2, 0.25) is 5.02 Å². The Morgan fingerprint density at radius 1 is 1.25 bits per heavy atom. The minimum Gasteiger partial charge on any atom is -0.478 e. The fourth-order valence-electron chi connectivity index (χ4n) is 1.71. The Morgan fingerprint density at radius 3 is 2.55 bits per heavy atom. The van der Waals surface area contributed by atoms with Crippen LogP contribution in [0.3, 0.4) is 0 Å². The molecule has 3 nitrogen and oxygen atoms in total. The van der Waals surface area contributed by atoms with Crippen LogP contribution < -0.4 is 5.32 Å². The third-order valence-corrected chi connectivity index (χ3v) is 3.02. The second-order valence-electron chi connectivity index (χ2n) is 4.20. The second-order valence-corrected chi connectivity index (χ2v) is 4.60. The molecule has 2 aromatic carbocycles. The number of hydrogen-bond donors (Lipinski definition) is 2. The van der Waals surface area contributed by atoms with Gasteiger partial charge in [0.1, 0.15) is 0 Å². The summed E-state index contributed by atoms with van der Waals surface area (Å²) in [7, 11) is 0. The van der Waals surface area contributed by atoms with Gasteiger partial charge in [0, 0.05) is 0 Å². The van der Waals surface area contributed by atoms with Crippen LogP contribution in [0, 0.1) is 18.6 Å². The number of aromatic carboxylic acids is 1. The van der Waals surface area contributed by atoms with Gasteiger partial charge in [-0.3, -0.25) is 0 Å². The van der Waals surface area contributed by atoms with Crippen molar-refractivity contribution in [2.24, 2.45) is 0 Å². The number of hydrogen-bond acceptors (Lipinski definition) is 2. The fourth-order valence-corrected chi connectivity index (χ4v) is 1.99. The van der Waals surface area contributed by atoms with Gasteiger partial charge in [0.2, 0.25) is 0 Å². The Kier molecular flexibility index (Phi) is 3.90. The lowest BCUT2D eigenvalue weighted by Crippen LogP contribution is -2.06. The number of benzene rings is 2. The van der Waals surface area contributed by atoms with Crippen LogP contribution >= 0.6 is 11.6 Å². The quantitative estimate of drug-likeness (QED) is 0.884. The Hall–Kier alpha value is -2.14. The minimum absolute atomic E-state index is 0.282. The van der Waals surface area contributed by atoms with Crippen molar-refractivity contribution < 1.29 is 18.7 Å². The predicted molar refractivity (Wildman–Crippen MR) is 72.8 cm³/mol. The summed E-state index contributed by atoms with van der Waals surface area (Å²) in [5, 5.41) is 11.8. The molecule has 0 aliphatic carbocycles. The van der Waals surface area contributed by atoms with Gasteiger partial charge in [0.25, 0.3) is 0 Å². The molecule has 0 heterocycles. The fraction of sp³-hybridized carbons (Fsp3) is 0.0714. The SMILES string of the molecule is Cc1ccc(Nc2c(C(=O)O)ccc(F)c2F)c(Cl)c1. The van der Waals surface area contributed by atoms with Crippen molar-refractivity contribution >= 4 is 28.9 Å². The molecule has 6 heteroatoms. The number of aryl methyl sites for hydroxylation is 1. The topological polar surface area (TPSA) is 49.3 Å². The molecule has 104 valence electrons. The Morgan fingerprint density at radius 2 is 1.95 bits per heavy atom. The highest BCUT2D eigenvalue weighted by atomic mass is 35.5. The maximum absolute atomic E-state index is 13.8. The minimum atomic E-state index is -1.37. The number of anilines is 2. The molecule has 0 saturated carbocycles. The summed E-state index contributed by atoms with van der Waals surface area (Å²) in [4.78, 5) is 11.1. The number of nitrogens with one attached hydrogen (secondary N) is 1. The van der Waals surface area contributed by atoms with Crippen LogP contribution in [-0.4, -0.2) is 11.1 Å². The van der Waals surface area contributed by atoms with Gasteiger partial charge in [0.05, 0.1) is 22.0 Å². The van der Waals surface area contributed by atoms with E-state index in [4.69, 9.17) is 16.7 Å². The lowest BCUT2D eigenvalue weighted by atomic mass is 10.1. The van der Waals surface area contributed by atoms with E-state index in [0.717, 1.165) is 17.7 Å². The number of halogens is 3. The van der Waals surface area contributed by atoms with E-state index in [2.05, 4.69) is 5.32 Å². The first-order chi connectivity index (χ1) is 9.40. The van der Waals surface area contributed by atoms with E-state index in [0.29, 0.717) is 5.69 Å². The van der Waals surface area contributed by atoms with Crippen molar-refractivity contribution in [1.29, 1.82) is 0 Å². The molecule has 2 N–H and O–H groups in total. The summed E-state index contributed by atoms with van der Waals surface area (Å²) in [6.07, 6.45) is 0. The number of carboxylic acid groups (broad SMARTS) is 1. The van der Waals surface area contributed by atoms with Gasteiger partial charge in [-0.05, 0) is 36.8 Å². The average molecular weight is 298 g/mol. The summed E-state index contributed by atoms with van der Waals surface area (Å²) in [5.41, 5.74) is 0.354. The first-order valence-corrected chi connectivity index (χ1v) is 6.02. The van der Waals surface area contributed by atoms with Crippen LogP contribution in [0.1, 0.15) is 15.9 Å². The van der Waals surface area contributed by atoms with E-state index in [1.165, 1.54) is 0 Å². The molecule has 0 fully saturated rings. The van der Waals surface area contributed by atoms with E-state index < -0.39 is 23.3 Å². The van der Waals surface area contributed by atoms with Crippen LogP contribution in [0.5, 0.6) is 0 Å². The maximum atomic E-state index is 13.8. The normalized spacial score (nSPS) is 10.4. The smallest absolute Gasteiger partial charge is 0.337 e. The monoisotopic (exact) mass is 297 g/mol. The van der Waals surface area contributed by atoms with E-state index in [1.807, 2.05) is 6.92 Å². The van der Waals surface area contributed by atoms with Gasteiger partial charge in [-0.2, -0.15) is 0 Å². The summed E-state index contributed by atoms with van der Waals surface area (Å²) in [5.74, 6) is -3.77. The Bertz CT molecular complexity index is 689. The molecule has 0 aromatic heterocycles. The van der Waals surface area contributed by atoms with Gasteiger partial charge >= 0.3 is 5.97 Å². The lowest BCUT2D eigenvalue weighted by molar-refractivity contribution is 0.0697. The molecule has 0 saturated heterocycles. The van der Waals surface area contributed by atoms with Gasteiger partial charge in [-0.25, -0.2) is 13.6 Å². The van der Waals surface area contributed by atoms with Crippen molar-refractivity contribution in [2.75, 3.05) is 5.32 Å². The standard InChI is InChI=1S/C14H10ClF2NO2/c1-7-2-5-11(9(15)6-7)18-13-8(14(19)20)3-4-10(16)12(13)17/h2-6,18H,1H3,(H,19,20). The number of carbonyl (C=O) groups is 1. The van der Waals surface area contributed by atoms with Gasteiger partial charge in [-0.1, -0.05) is 17.7 Å². The number of carboxylic acids is 1. The highest BCUT2D eigenvalue weighted by Gasteiger charge is 2.19. The predicted octanol–water partition coefficient (Wildman–Crippen LogP) is 4.37. The van der Waals surface area contributed by atoms with Crippen molar-refractivity contribution in [1.82, 2.24) is 0 Å². The number of rotatable bonds is 3. The zero-order chi connectivity index (χ0) is 14.9. The molecule has 0 atom stereocenters. The third-order valence-electron chi connectivity index (χ3n) is 2.71. The molecule has 2 rings (SSSR count). The molecule has 0 bridgehead atoms. The Balaban J connectivity index is 2.52. The first-order valence-electron chi connectivity index (χ1n) is 5.64. The maximum Gasteiger partial charge on any atom is 0.337 e. The lowest BCUT2D eigenvalue weighted by Gasteiger charge is -2.13. The molecule has 0 aliphatic heterocycles. The summed E-state index contributed by atoms with van der Waals surface area (Å²) < 4.78 is 27.0. The first kappa shape index (κ1) is 14.3. The molecule has 0 aliphatic rings. The van der Waals surface area contributed by atoms with Crippen LogP contribution in [0.15, 0.2) is 30.3 Å². The average Bonchev–Trinajstić information content (AvgIpc) is 2.37. The molecule has 0 radical (unpaired) electrons. The van der Waals surface area contributed by atoms with Crippen LogP contribution in [-0.2, 0) is 0 Å². The molecular weight excluding hydrogens is 288 g/mol. The Labute approximate surface area is 118 Å². The molecular formula is C14H10ClF2NO2. The van der Waals surface area contributed by atoms with Crippen molar-refractivity contribution in [2.45, 2.75) is 6.92 Å². The largest absolute Gasteiger partial charge is 0.478 e. The van der Waals surface area contributed by atoms with Crippen molar-refractivity contribution in [3.05, 3.63) is 58.1 Å². The van der Waals surface area contributed by atoms with E-state index >= 15 is 0 Å². The van der Waals surface area contributed by atoms with Gasteiger partial charge in [0.15, 0.2) is 11.6 Å².